The molecule has 94 valence electrons. The molecule has 16 heavy (non-hydrogen) atoms. The maximum atomic E-state index is 3.55. The Morgan fingerprint density at radius 3 is 2.62 bits per heavy atom. The summed E-state index contributed by atoms with van der Waals surface area (Å²) in [6, 6.07) is 1.61. The first kappa shape index (κ1) is 12.4. The van der Waals surface area contributed by atoms with Gasteiger partial charge in [0.25, 0.3) is 0 Å². The highest BCUT2D eigenvalue weighted by Gasteiger charge is 2.31. The molecule has 1 saturated heterocycles. The van der Waals surface area contributed by atoms with Crippen LogP contribution in [0, 0.1) is 11.8 Å². The van der Waals surface area contributed by atoms with Gasteiger partial charge in [-0.05, 0) is 44.7 Å². The summed E-state index contributed by atoms with van der Waals surface area (Å²) in [4.78, 5) is 2.69. The molecule has 0 amide bonds. The summed E-state index contributed by atoms with van der Waals surface area (Å²) in [5.41, 5.74) is 0. The van der Waals surface area contributed by atoms with E-state index in [1.54, 1.807) is 0 Å². The fourth-order valence-electron chi connectivity index (χ4n) is 3.56. The van der Waals surface area contributed by atoms with Crippen molar-refractivity contribution in [1.29, 1.82) is 0 Å². The molecule has 2 fully saturated rings. The maximum absolute atomic E-state index is 3.55. The summed E-state index contributed by atoms with van der Waals surface area (Å²) in [6.45, 7) is 7.26. The largest absolute Gasteiger partial charge is 0.315 e. The zero-order valence-electron chi connectivity index (χ0n) is 11.2. The molecule has 0 aromatic carbocycles. The van der Waals surface area contributed by atoms with Gasteiger partial charge < -0.3 is 5.32 Å². The minimum Gasteiger partial charge on any atom is -0.315 e. The third-order valence-electron chi connectivity index (χ3n) is 4.79. The number of likely N-dealkylation sites (N-methyl/N-ethyl adjacent to an activating group) is 1. The zero-order chi connectivity index (χ0) is 11.5. The molecule has 1 saturated carbocycles. The average Bonchev–Trinajstić information content (AvgIpc) is 2.29. The maximum Gasteiger partial charge on any atom is 0.0246 e. The predicted molar refractivity (Wildman–Crippen MR) is 69.6 cm³/mol. The Balaban J connectivity index is 1.91. The molecule has 2 aliphatic rings. The van der Waals surface area contributed by atoms with Crippen LogP contribution in [0.4, 0.5) is 0 Å². The van der Waals surface area contributed by atoms with Crippen molar-refractivity contribution < 1.29 is 0 Å². The Labute approximate surface area is 101 Å². The van der Waals surface area contributed by atoms with Gasteiger partial charge in [0.15, 0.2) is 0 Å². The third-order valence-corrected chi connectivity index (χ3v) is 4.79. The molecular weight excluding hydrogens is 196 g/mol. The quantitative estimate of drug-likeness (QED) is 0.775. The number of piperidine rings is 1. The topological polar surface area (TPSA) is 15.3 Å². The first-order valence-corrected chi connectivity index (χ1v) is 7.11. The molecule has 0 aromatic rings. The van der Waals surface area contributed by atoms with Gasteiger partial charge in [-0.2, -0.15) is 0 Å². The van der Waals surface area contributed by atoms with E-state index < -0.39 is 0 Å². The van der Waals surface area contributed by atoms with Crippen molar-refractivity contribution in [3.05, 3.63) is 0 Å². The standard InChI is InChI=1S/C14H28N2/c1-11-5-4-6-13(9-11)16(3)14-10-15-8-7-12(14)2/h11-15H,4-10H2,1-3H3. The Kier molecular flexibility index (Phi) is 4.26. The van der Waals surface area contributed by atoms with Crippen LogP contribution in [0.5, 0.6) is 0 Å². The van der Waals surface area contributed by atoms with Gasteiger partial charge in [0.05, 0.1) is 0 Å². The second-order valence-electron chi connectivity index (χ2n) is 6.13. The highest BCUT2D eigenvalue weighted by molar-refractivity contribution is 4.87. The van der Waals surface area contributed by atoms with Gasteiger partial charge >= 0.3 is 0 Å². The second kappa shape index (κ2) is 5.50. The Bertz CT molecular complexity index is 217. The fourth-order valence-corrected chi connectivity index (χ4v) is 3.56. The molecule has 0 aromatic heterocycles. The molecule has 2 rings (SSSR count). The van der Waals surface area contributed by atoms with Gasteiger partial charge in [-0.15, -0.1) is 0 Å². The van der Waals surface area contributed by atoms with Gasteiger partial charge in [0.2, 0.25) is 0 Å². The normalized spacial score (nSPS) is 41.2. The lowest BCUT2D eigenvalue weighted by atomic mass is 9.84. The Morgan fingerprint density at radius 1 is 1.12 bits per heavy atom. The van der Waals surface area contributed by atoms with Crippen molar-refractivity contribution in [2.45, 2.75) is 58.0 Å². The van der Waals surface area contributed by atoms with Crippen molar-refractivity contribution in [2.24, 2.45) is 11.8 Å². The van der Waals surface area contributed by atoms with Crippen molar-refractivity contribution in [3.63, 3.8) is 0 Å². The molecular formula is C14H28N2. The highest BCUT2D eigenvalue weighted by atomic mass is 15.2. The van der Waals surface area contributed by atoms with E-state index in [1.807, 2.05) is 0 Å². The summed E-state index contributed by atoms with van der Waals surface area (Å²) in [7, 11) is 2.36. The number of rotatable bonds is 2. The number of hydrogen-bond donors (Lipinski definition) is 1. The summed E-state index contributed by atoms with van der Waals surface area (Å²) in [6.07, 6.45) is 7.06. The third kappa shape index (κ3) is 2.78. The number of hydrogen-bond acceptors (Lipinski definition) is 2. The first-order chi connectivity index (χ1) is 7.68. The van der Waals surface area contributed by atoms with Crippen LogP contribution < -0.4 is 5.32 Å². The van der Waals surface area contributed by atoms with Crippen molar-refractivity contribution in [3.8, 4) is 0 Å². The van der Waals surface area contributed by atoms with Crippen LogP contribution in [0.1, 0.15) is 46.0 Å². The molecule has 1 heterocycles. The van der Waals surface area contributed by atoms with Crippen molar-refractivity contribution in [2.75, 3.05) is 20.1 Å². The van der Waals surface area contributed by atoms with Crippen LogP contribution in [0.25, 0.3) is 0 Å². The van der Waals surface area contributed by atoms with E-state index in [0.29, 0.717) is 0 Å². The van der Waals surface area contributed by atoms with Gasteiger partial charge in [-0.3, -0.25) is 4.90 Å². The molecule has 0 spiro atoms. The summed E-state index contributed by atoms with van der Waals surface area (Å²) < 4.78 is 0. The molecule has 2 heteroatoms. The molecule has 0 bridgehead atoms. The van der Waals surface area contributed by atoms with E-state index in [1.165, 1.54) is 45.2 Å². The number of nitrogens with zero attached hydrogens (tertiary/aromatic N) is 1. The highest BCUT2D eigenvalue weighted by Crippen LogP contribution is 2.29. The van der Waals surface area contributed by atoms with Gasteiger partial charge in [-0.25, -0.2) is 0 Å². The van der Waals surface area contributed by atoms with Crippen molar-refractivity contribution in [1.82, 2.24) is 10.2 Å². The lowest BCUT2D eigenvalue weighted by molar-refractivity contribution is 0.0743. The summed E-state index contributed by atoms with van der Waals surface area (Å²) >= 11 is 0. The minimum atomic E-state index is 0.768. The lowest BCUT2D eigenvalue weighted by Crippen LogP contribution is -2.53. The van der Waals surface area contributed by atoms with Gasteiger partial charge in [-0.1, -0.05) is 26.7 Å². The van der Waals surface area contributed by atoms with E-state index >= 15 is 0 Å². The predicted octanol–water partition coefficient (Wildman–Crippen LogP) is 2.49. The van der Waals surface area contributed by atoms with Gasteiger partial charge in [0.1, 0.15) is 0 Å². The van der Waals surface area contributed by atoms with Gasteiger partial charge in [0, 0.05) is 18.6 Å². The average molecular weight is 224 g/mol. The van der Waals surface area contributed by atoms with E-state index in [2.05, 4.69) is 31.1 Å². The first-order valence-electron chi connectivity index (χ1n) is 7.11. The smallest absolute Gasteiger partial charge is 0.0246 e. The van der Waals surface area contributed by atoms with E-state index in [-0.39, 0.29) is 0 Å². The van der Waals surface area contributed by atoms with E-state index in [9.17, 15) is 0 Å². The summed E-state index contributed by atoms with van der Waals surface area (Å²) in [5.74, 6) is 1.80. The minimum absolute atomic E-state index is 0.768. The van der Waals surface area contributed by atoms with Crippen LogP contribution in [0.3, 0.4) is 0 Å². The monoisotopic (exact) mass is 224 g/mol. The van der Waals surface area contributed by atoms with Crippen LogP contribution in [-0.4, -0.2) is 37.1 Å². The van der Waals surface area contributed by atoms with Crippen LogP contribution in [-0.2, 0) is 0 Å². The Morgan fingerprint density at radius 2 is 1.94 bits per heavy atom. The number of nitrogens with one attached hydrogen (secondary N) is 1. The fraction of sp³-hybridized carbons (Fsp3) is 1.00. The van der Waals surface area contributed by atoms with E-state index in [4.69, 9.17) is 0 Å². The molecule has 1 N–H and O–H groups in total. The van der Waals surface area contributed by atoms with Crippen LogP contribution >= 0.6 is 0 Å². The molecule has 1 aliphatic carbocycles. The SMILES string of the molecule is CC1CCCC(N(C)C2CNCCC2C)C1. The molecule has 1 aliphatic heterocycles. The van der Waals surface area contributed by atoms with Crippen molar-refractivity contribution >= 4 is 0 Å². The molecule has 0 radical (unpaired) electrons. The van der Waals surface area contributed by atoms with Crippen LogP contribution in [0.15, 0.2) is 0 Å². The van der Waals surface area contributed by atoms with Crippen LogP contribution in [0.2, 0.25) is 0 Å². The second-order valence-corrected chi connectivity index (χ2v) is 6.13. The molecule has 4 atom stereocenters. The summed E-state index contributed by atoms with van der Waals surface area (Å²) in [5, 5.41) is 3.55. The lowest BCUT2D eigenvalue weighted by Gasteiger charge is -2.43. The zero-order valence-corrected chi connectivity index (χ0v) is 11.2. The molecule has 4 unspecified atom stereocenters. The van der Waals surface area contributed by atoms with E-state index in [0.717, 1.165) is 23.9 Å². The Hall–Kier alpha value is -0.0800. The molecule has 2 nitrogen and oxygen atoms in total.